The molecule has 2 heteroatoms. The van der Waals surface area contributed by atoms with Crippen LogP contribution in [0.15, 0.2) is 0 Å². The summed E-state index contributed by atoms with van der Waals surface area (Å²) in [6.07, 6.45) is 13.7. The number of Topliss-reactive ketones (excluding diaryl/α,β-unsaturated/α-hetero) is 1. The van der Waals surface area contributed by atoms with E-state index >= 15 is 0 Å². The minimum absolute atomic E-state index is 0.0356. The van der Waals surface area contributed by atoms with Crippen LogP contribution in [0.4, 0.5) is 0 Å². The second kappa shape index (κ2) is 7.64. The maximum Gasteiger partial charge on any atom is 0.135 e. The zero-order valence-corrected chi connectivity index (χ0v) is 19.8. The molecule has 4 fully saturated rings. The molecule has 0 aromatic rings. The molecule has 0 bridgehead atoms. The topological polar surface area (TPSA) is 37.3 Å². The molecule has 0 aromatic heterocycles. The lowest BCUT2D eigenvalue weighted by Crippen LogP contribution is -2.62. The molecule has 29 heavy (non-hydrogen) atoms. The number of fused-ring (bicyclic) bond motifs is 5. The molecule has 0 saturated heterocycles. The number of carbonyl (C=O) groups is 1. The van der Waals surface area contributed by atoms with Gasteiger partial charge in [0.25, 0.3) is 0 Å². The van der Waals surface area contributed by atoms with Crippen LogP contribution < -0.4 is 0 Å². The van der Waals surface area contributed by atoms with Gasteiger partial charge in [-0.3, -0.25) is 4.79 Å². The van der Waals surface area contributed by atoms with Crippen molar-refractivity contribution < 1.29 is 9.90 Å². The third-order valence-electron chi connectivity index (χ3n) is 10.8. The molecule has 0 spiro atoms. The summed E-state index contributed by atoms with van der Waals surface area (Å²) in [4.78, 5) is 12.1. The number of hydrogen-bond donors (Lipinski definition) is 1. The first kappa shape index (κ1) is 21.8. The summed E-state index contributed by atoms with van der Waals surface area (Å²) in [6.45, 7) is 12.2. The molecule has 2 nitrogen and oxygen atoms in total. The van der Waals surface area contributed by atoms with Crippen molar-refractivity contribution in [3.8, 4) is 0 Å². The maximum atomic E-state index is 12.1. The Balaban J connectivity index is 1.50. The van der Waals surface area contributed by atoms with Crippen LogP contribution in [0.3, 0.4) is 0 Å². The summed E-state index contributed by atoms with van der Waals surface area (Å²) in [5.41, 5.74) is -0.250. The van der Waals surface area contributed by atoms with Crippen LogP contribution >= 0.6 is 0 Å². The van der Waals surface area contributed by atoms with Crippen LogP contribution in [0.1, 0.15) is 112 Å². The van der Waals surface area contributed by atoms with Crippen molar-refractivity contribution in [2.24, 2.45) is 46.3 Å². The molecule has 0 heterocycles. The summed E-state index contributed by atoms with van der Waals surface area (Å²) in [5, 5.41) is 11.5. The van der Waals surface area contributed by atoms with Gasteiger partial charge < -0.3 is 5.11 Å². The molecule has 4 saturated carbocycles. The first-order valence-corrected chi connectivity index (χ1v) is 12.8. The van der Waals surface area contributed by atoms with Crippen molar-refractivity contribution >= 4 is 5.78 Å². The Bertz CT molecular complexity index is 626. The normalized spacial score (nSPS) is 48.2. The number of hydrogen-bond acceptors (Lipinski definition) is 2. The fourth-order valence-corrected chi connectivity index (χ4v) is 9.06. The second-order valence-corrected chi connectivity index (χ2v) is 12.6. The van der Waals surface area contributed by atoms with Gasteiger partial charge in [-0.25, -0.2) is 0 Å². The Kier molecular flexibility index (Phi) is 5.76. The molecule has 166 valence electrons. The molecule has 0 aromatic carbocycles. The minimum atomic E-state index is -0.723. The summed E-state index contributed by atoms with van der Waals surface area (Å²) in [5.74, 6) is 5.11. The summed E-state index contributed by atoms with van der Waals surface area (Å²) in [7, 11) is 0. The van der Waals surface area contributed by atoms with Gasteiger partial charge in [-0.1, -0.05) is 53.9 Å². The van der Waals surface area contributed by atoms with Gasteiger partial charge in [-0.2, -0.15) is 0 Å². The molecule has 4 rings (SSSR count). The van der Waals surface area contributed by atoms with Gasteiger partial charge in [0.15, 0.2) is 0 Å². The minimum Gasteiger partial charge on any atom is -0.389 e. The van der Waals surface area contributed by atoms with Crippen LogP contribution in [0, 0.1) is 46.3 Å². The van der Waals surface area contributed by atoms with Crippen molar-refractivity contribution in [1.29, 1.82) is 0 Å². The van der Waals surface area contributed by atoms with Crippen LogP contribution in [0.2, 0.25) is 0 Å². The van der Waals surface area contributed by atoms with Crippen molar-refractivity contribution in [2.45, 2.75) is 117 Å². The molecule has 1 N–H and O–H groups in total. The Morgan fingerprint density at radius 3 is 2.45 bits per heavy atom. The molecule has 8 atom stereocenters. The number of rotatable bonds is 5. The zero-order chi connectivity index (χ0) is 21.0. The van der Waals surface area contributed by atoms with Crippen molar-refractivity contribution in [3.05, 3.63) is 0 Å². The van der Waals surface area contributed by atoms with E-state index in [0.29, 0.717) is 30.0 Å². The maximum absolute atomic E-state index is 12.1. The Morgan fingerprint density at radius 1 is 0.966 bits per heavy atom. The van der Waals surface area contributed by atoms with E-state index in [-0.39, 0.29) is 5.41 Å². The number of carbonyl (C=O) groups excluding carboxylic acids is 1. The molecule has 0 amide bonds. The van der Waals surface area contributed by atoms with Crippen LogP contribution in [0.25, 0.3) is 0 Å². The average molecular weight is 403 g/mol. The molecule has 0 aliphatic heterocycles. The van der Waals surface area contributed by atoms with Gasteiger partial charge in [0.2, 0.25) is 0 Å². The predicted octanol–water partition coefficient (Wildman–Crippen LogP) is 6.79. The monoisotopic (exact) mass is 402 g/mol. The zero-order valence-electron chi connectivity index (χ0n) is 19.8. The molecule has 0 radical (unpaired) electrons. The van der Waals surface area contributed by atoms with Gasteiger partial charge in [0.05, 0.1) is 5.60 Å². The molecule has 4 aliphatic rings. The van der Waals surface area contributed by atoms with Crippen LogP contribution in [0.5, 0.6) is 0 Å². The second-order valence-electron chi connectivity index (χ2n) is 12.6. The average Bonchev–Trinajstić information content (AvgIpc) is 2.99. The lowest BCUT2D eigenvalue weighted by Gasteiger charge is -2.63. The highest BCUT2D eigenvalue weighted by atomic mass is 16.3. The first-order chi connectivity index (χ1) is 13.6. The van der Waals surface area contributed by atoms with Crippen LogP contribution in [-0.2, 0) is 4.79 Å². The quantitative estimate of drug-likeness (QED) is 0.549. The standard InChI is InChI=1S/C27H46O2/c1-18(2)7-6-8-19(3)22-9-10-23-21-12-16-27(29)17-20(28)11-15-26(27,5)24(21)13-14-25(22,23)4/h18-19,21-24,29H,6-17H2,1-5H3/t19-,21+,22+,23-,24+,25+,26-,27-/m1/s1. The number of ketones is 1. The SMILES string of the molecule is CC(C)CCC[C@@H](C)[C@@H]1CC[C@@H]2[C@@H]3CC[C@@]4(O)CC(=O)CC[C@]4(C)[C@H]3CC[C@]21C. The van der Waals surface area contributed by atoms with E-state index in [2.05, 4.69) is 34.6 Å². The van der Waals surface area contributed by atoms with E-state index in [4.69, 9.17) is 0 Å². The van der Waals surface area contributed by atoms with E-state index in [9.17, 15) is 9.90 Å². The fraction of sp³-hybridized carbons (Fsp3) is 0.963. The third-order valence-corrected chi connectivity index (χ3v) is 10.8. The lowest BCUT2D eigenvalue weighted by molar-refractivity contribution is -0.204. The predicted molar refractivity (Wildman–Crippen MR) is 120 cm³/mol. The highest BCUT2D eigenvalue weighted by Crippen LogP contribution is 2.69. The van der Waals surface area contributed by atoms with E-state index in [1.165, 1.54) is 44.9 Å². The molecular weight excluding hydrogens is 356 g/mol. The smallest absolute Gasteiger partial charge is 0.135 e. The Morgan fingerprint density at radius 2 is 1.72 bits per heavy atom. The van der Waals surface area contributed by atoms with E-state index in [1.807, 2.05) is 0 Å². The van der Waals surface area contributed by atoms with Crippen molar-refractivity contribution in [1.82, 2.24) is 0 Å². The highest BCUT2D eigenvalue weighted by Gasteiger charge is 2.64. The molecule has 0 unspecified atom stereocenters. The highest BCUT2D eigenvalue weighted by molar-refractivity contribution is 5.80. The fourth-order valence-electron chi connectivity index (χ4n) is 9.06. The van der Waals surface area contributed by atoms with E-state index in [1.54, 1.807) is 0 Å². The van der Waals surface area contributed by atoms with E-state index < -0.39 is 5.60 Å². The number of aliphatic hydroxyl groups is 1. The van der Waals surface area contributed by atoms with Crippen molar-refractivity contribution in [2.75, 3.05) is 0 Å². The van der Waals surface area contributed by atoms with Gasteiger partial charge in [-0.15, -0.1) is 0 Å². The van der Waals surface area contributed by atoms with Gasteiger partial charge >= 0.3 is 0 Å². The van der Waals surface area contributed by atoms with Gasteiger partial charge in [-0.05, 0) is 85.9 Å². The van der Waals surface area contributed by atoms with Crippen molar-refractivity contribution in [3.63, 3.8) is 0 Å². The van der Waals surface area contributed by atoms with E-state index in [0.717, 1.165) is 48.9 Å². The third kappa shape index (κ3) is 3.44. The van der Waals surface area contributed by atoms with Gasteiger partial charge in [0.1, 0.15) is 5.78 Å². The van der Waals surface area contributed by atoms with Gasteiger partial charge in [0, 0.05) is 18.3 Å². The Hall–Kier alpha value is -0.370. The summed E-state index contributed by atoms with van der Waals surface area (Å²) < 4.78 is 0. The summed E-state index contributed by atoms with van der Waals surface area (Å²) in [6, 6.07) is 0. The Labute approximate surface area is 179 Å². The molecule has 4 aliphatic carbocycles. The summed E-state index contributed by atoms with van der Waals surface area (Å²) >= 11 is 0. The lowest BCUT2D eigenvalue weighted by atomic mass is 9.43. The first-order valence-electron chi connectivity index (χ1n) is 12.8. The largest absolute Gasteiger partial charge is 0.389 e. The molecular formula is C27H46O2. The van der Waals surface area contributed by atoms with Crippen LogP contribution in [-0.4, -0.2) is 16.5 Å².